The van der Waals surface area contributed by atoms with Crippen LogP contribution in [0.2, 0.25) is 0 Å². The molecule has 86 valence electrons. The number of H-pyrrole nitrogens is 1. The average Bonchev–Trinajstić information content (AvgIpc) is 2.78. The van der Waals surface area contributed by atoms with Crippen molar-refractivity contribution in [3.63, 3.8) is 0 Å². The average molecular weight is 233 g/mol. The molecule has 2 heteroatoms. The van der Waals surface area contributed by atoms with Crippen LogP contribution in [0.15, 0.2) is 54.7 Å². The SMILES string of the molecule is C[n+]1cc2c3ccccc3[nH]c2c2ccccc21. The molecule has 2 aromatic carbocycles. The van der Waals surface area contributed by atoms with Gasteiger partial charge in [-0.15, -0.1) is 0 Å². The van der Waals surface area contributed by atoms with E-state index in [1.165, 1.54) is 32.7 Å². The van der Waals surface area contributed by atoms with Crippen molar-refractivity contribution in [1.82, 2.24) is 4.98 Å². The van der Waals surface area contributed by atoms with Crippen molar-refractivity contribution < 1.29 is 4.57 Å². The van der Waals surface area contributed by atoms with Gasteiger partial charge in [0.05, 0.1) is 16.3 Å². The summed E-state index contributed by atoms with van der Waals surface area (Å²) in [7, 11) is 2.10. The predicted molar refractivity (Wildman–Crippen MR) is 74.5 cm³/mol. The Hall–Kier alpha value is -2.35. The molecule has 0 radical (unpaired) electrons. The van der Waals surface area contributed by atoms with Gasteiger partial charge in [0.2, 0.25) is 5.52 Å². The lowest BCUT2D eigenvalue weighted by Gasteiger charge is -1.98. The Labute approximate surface area is 104 Å². The van der Waals surface area contributed by atoms with E-state index in [2.05, 4.69) is 71.3 Å². The fourth-order valence-electron chi connectivity index (χ4n) is 2.77. The highest BCUT2D eigenvalue weighted by molar-refractivity contribution is 6.14. The summed E-state index contributed by atoms with van der Waals surface area (Å²) in [5.41, 5.74) is 3.67. The smallest absolute Gasteiger partial charge is 0.214 e. The normalized spacial score (nSPS) is 11.6. The second-order valence-electron chi connectivity index (χ2n) is 4.72. The van der Waals surface area contributed by atoms with Crippen LogP contribution in [-0.2, 0) is 7.05 Å². The van der Waals surface area contributed by atoms with E-state index in [0.717, 1.165) is 0 Å². The molecule has 0 aliphatic rings. The lowest BCUT2D eigenvalue weighted by molar-refractivity contribution is -0.643. The van der Waals surface area contributed by atoms with Crippen molar-refractivity contribution >= 4 is 32.7 Å². The van der Waals surface area contributed by atoms with Gasteiger partial charge in [0.25, 0.3) is 0 Å². The Morgan fingerprint density at radius 3 is 2.44 bits per heavy atom. The van der Waals surface area contributed by atoms with Crippen LogP contribution in [0.1, 0.15) is 0 Å². The number of fused-ring (bicyclic) bond motifs is 5. The highest BCUT2D eigenvalue weighted by atomic mass is 14.9. The Kier molecular flexibility index (Phi) is 1.78. The highest BCUT2D eigenvalue weighted by Gasteiger charge is 2.13. The third kappa shape index (κ3) is 1.15. The van der Waals surface area contributed by atoms with E-state index in [4.69, 9.17) is 0 Å². The van der Waals surface area contributed by atoms with E-state index in [1.807, 2.05) is 0 Å². The maximum Gasteiger partial charge on any atom is 0.214 e. The standard InChI is InChI=1S/C16H12N2/c1-18-10-13-11-6-2-4-8-14(11)17-16(13)12-7-3-5-9-15(12)18/h2-10H,1H3/p+1. The molecular formula is C16H13N2+. The first-order valence-electron chi connectivity index (χ1n) is 6.12. The molecule has 1 N–H and O–H groups in total. The second kappa shape index (κ2) is 3.33. The minimum absolute atomic E-state index is 1.20. The fraction of sp³-hybridized carbons (Fsp3) is 0.0625. The van der Waals surface area contributed by atoms with Gasteiger partial charge in [-0.25, -0.2) is 4.57 Å². The third-order valence-corrected chi connectivity index (χ3v) is 3.62. The lowest BCUT2D eigenvalue weighted by atomic mass is 10.1. The van der Waals surface area contributed by atoms with E-state index in [0.29, 0.717) is 0 Å². The molecule has 4 aromatic rings. The summed E-state index contributed by atoms with van der Waals surface area (Å²) in [6.07, 6.45) is 2.20. The number of rotatable bonds is 0. The number of nitrogens with zero attached hydrogens (tertiary/aromatic N) is 1. The van der Waals surface area contributed by atoms with Crippen LogP contribution >= 0.6 is 0 Å². The molecule has 18 heavy (non-hydrogen) atoms. The summed E-state index contributed by atoms with van der Waals surface area (Å²) in [6.45, 7) is 0. The number of pyridine rings is 1. The van der Waals surface area contributed by atoms with Crippen molar-refractivity contribution in [2.75, 3.05) is 0 Å². The molecule has 0 saturated heterocycles. The summed E-state index contributed by atoms with van der Waals surface area (Å²) < 4.78 is 2.19. The maximum atomic E-state index is 3.53. The Balaban J connectivity index is 2.36. The number of hydrogen-bond acceptors (Lipinski definition) is 0. The van der Waals surface area contributed by atoms with Crippen LogP contribution in [0, 0.1) is 0 Å². The molecule has 0 aliphatic carbocycles. The first kappa shape index (κ1) is 9.66. The van der Waals surface area contributed by atoms with Crippen molar-refractivity contribution in [1.29, 1.82) is 0 Å². The molecule has 0 atom stereocenters. The Morgan fingerprint density at radius 2 is 1.56 bits per heavy atom. The Bertz CT molecular complexity index is 887. The zero-order valence-electron chi connectivity index (χ0n) is 10.1. The van der Waals surface area contributed by atoms with Crippen LogP contribution in [0.4, 0.5) is 0 Å². The molecule has 4 rings (SSSR count). The van der Waals surface area contributed by atoms with Crippen LogP contribution in [0.3, 0.4) is 0 Å². The summed E-state index contributed by atoms with van der Waals surface area (Å²) in [6, 6.07) is 17.0. The molecule has 0 bridgehead atoms. The van der Waals surface area contributed by atoms with Gasteiger partial charge in [0.15, 0.2) is 6.20 Å². The van der Waals surface area contributed by atoms with Crippen molar-refractivity contribution in [3.05, 3.63) is 54.7 Å². The number of benzene rings is 2. The third-order valence-electron chi connectivity index (χ3n) is 3.62. The van der Waals surface area contributed by atoms with E-state index < -0.39 is 0 Å². The molecule has 0 aliphatic heterocycles. The molecule has 0 spiro atoms. The van der Waals surface area contributed by atoms with Crippen molar-refractivity contribution in [3.8, 4) is 0 Å². The van der Waals surface area contributed by atoms with Gasteiger partial charge in [0, 0.05) is 17.0 Å². The van der Waals surface area contributed by atoms with E-state index in [1.54, 1.807) is 0 Å². The van der Waals surface area contributed by atoms with Crippen molar-refractivity contribution in [2.24, 2.45) is 7.05 Å². The molecular weight excluding hydrogens is 220 g/mol. The van der Waals surface area contributed by atoms with Crippen molar-refractivity contribution in [2.45, 2.75) is 0 Å². The van der Waals surface area contributed by atoms with Crippen LogP contribution in [0.25, 0.3) is 32.7 Å². The molecule has 0 saturated carbocycles. The van der Waals surface area contributed by atoms with Gasteiger partial charge in [-0.05, 0) is 12.1 Å². The number of aromatic amines is 1. The summed E-state index contributed by atoms with van der Waals surface area (Å²) >= 11 is 0. The first-order valence-corrected chi connectivity index (χ1v) is 6.12. The topological polar surface area (TPSA) is 19.7 Å². The number of aryl methyl sites for hydroxylation is 1. The van der Waals surface area contributed by atoms with E-state index >= 15 is 0 Å². The molecule has 0 fully saturated rings. The largest absolute Gasteiger partial charge is 0.354 e. The highest BCUT2D eigenvalue weighted by Crippen LogP contribution is 2.28. The van der Waals surface area contributed by atoms with E-state index in [-0.39, 0.29) is 0 Å². The molecule has 2 aromatic heterocycles. The van der Waals surface area contributed by atoms with Gasteiger partial charge < -0.3 is 4.98 Å². The van der Waals surface area contributed by atoms with Gasteiger partial charge >= 0.3 is 0 Å². The monoisotopic (exact) mass is 233 g/mol. The predicted octanol–water partition coefficient (Wildman–Crippen LogP) is 3.30. The minimum Gasteiger partial charge on any atom is -0.354 e. The maximum absolute atomic E-state index is 3.53. The quantitative estimate of drug-likeness (QED) is 0.450. The van der Waals surface area contributed by atoms with Crippen LogP contribution in [0.5, 0.6) is 0 Å². The second-order valence-corrected chi connectivity index (χ2v) is 4.72. The van der Waals surface area contributed by atoms with Crippen LogP contribution in [-0.4, -0.2) is 4.98 Å². The molecule has 0 unspecified atom stereocenters. The number of nitrogens with one attached hydrogen (secondary N) is 1. The lowest BCUT2D eigenvalue weighted by Crippen LogP contribution is -2.28. The molecule has 2 heterocycles. The zero-order chi connectivity index (χ0) is 12.1. The molecule has 2 nitrogen and oxygen atoms in total. The fourth-order valence-corrected chi connectivity index (χ4v) is 2.77. The van der Waals surface area contributed by atoms with Gasteiger partial charge in [-0.2, -0.15) is 0 Å². The number of hydrogen-bond donors (Lipinski definition) is 1. The first-order chi connectivity index (χ1) is 8.84. The van der Waals surface area contributed by atoms with E-state index in [9.17, 15) is 0 Å². The number of aromatic nitrogens is 2. The van der Waals surface area contributed by atoms with Gasteiger partial charge in [-0.1, -0.05) is 30.3 Å². The van der Waals surface area contributed by atoms with Gasteiger partial charge in [-0.3, -0.25) is 0 Å². The summed E-state index contributed by atoms with van der Waals surface area (Å²) in [5.74, 6) is 0. The summed E-state index contributed by atoms with van der Waals surface area (Å²) in [4.78, 5) is 3.53. The zero-order valence-corrected chi connectivity index (χ0v) is 10.1. The summed E-state index contributed by atoms with van der Waals surface area (Å²) in [5, 5.41) is 3.84. The molecule has 0 amide bonds. The van der Waals surface area contributed by atoms with Crippen LogP contribution < -0.4 is 4.57 Å². The van der Waals surface area contributed by atoms with Gasteiger partial charge in [0.1, 0.15) is 7.05 Å². The Morgan fingerprint density at radius 1 is 0.833 bits per heavy atom. The number of para-hydroxylation sites is 2. The minimum atomic E-state index is 1.20.